The number of nitrogens with two attached hydrogens (primary N) is 1. The summed E-state index contributed by atoms with van der Waals surface area (Å²) < 4.78 is 5.18. The summed E-state index contributed by atoms with van der Waals surface area (Å²) in [7, 11) is 1.66. The average Bonchev–Trinajstić information content (AvgIpc) is 2.77. The summed E-state index contributed by atoms with van der Waals surface area (Å²) in [5.41, 5.74) is 5.34. The molecule has 7 heteroatoms. The smallest absolute Gasteiger partial charge is 0.267 e. The molecule has 2 heterocycles. The number of primary amides is 1. The first kappa shape index (κ1) is 13.0. The number of anilines is 1. The van der Waals surface area contributed by atoms with Gasteiger partial charge in [0.2, 0.25) is 5.28 Å². The third-order valence-electron chi connectivity index (χ3n) is 2.97. The normalized spacial score (nSPS) is 19.2. The molecule has 1 aromatic heterocycles. The molecule has 1 fully saturated rings. The van der Waals surface area contributed by atoms with Crippen LogP contribution in [0, 0.1) is 0 Å². The maximum absolute atomic E-state index is 11.2. The van der Waals surface area contributed by atoms with E-state index in [1.54, 1.807) is 13.2 Å². The van der Waals surface area contributed by atoms with Crippen LogP contribution in [0.4, 0.5) is 5.82 Å². The molecule has 0 aliphatic carbocycles. The van der Waals surface area contributed by atoms with Crippen molar-refractivity contribution in [3.63, 3.8) is 0 Å². The van der Waals surface area contributed by atoms with Gasteiger partial charge in [0.15, 0.2) is 0 Å². The lowest BCUT2D eigenvalue weighted by Gasteiger charge is -2.25. The SMILES string of the molecule is COC[C@H]1CCCN1c1cc(C(N)=O)nc(Cl)n1. The lowest BCUT2D eigenvalue weighted by molar-refractivity contribution is 0.0995. The molecule has 0 spiro atoms. The third-order valence-corrected chi connectivity index (χ3v) is 3.14. The van der Waals surface area contributed by atoms with Crippen LogP contribution in [0.1, 0.15) is 23.3 Å². The van der Waals surface area contributed by atoms with Crippen molar-refractivity contribution in [2.45, 2.75) is 18.9 Å². The molecule has 1 aliphatic heterocycles. The Balaban J connectivity index is 2.29. The van der Waals surface area contributed by atoms with E-state index in [1.807, 2.05) is 0 Å². The van der Waals surface area contributed by atoms with Crippen LogP contribution in [-0.4, -0.2) is 42.2 Å². The Bertz CT molecular complexity index is 455. The Morgan fingerprint density at radius 1 is 1.67 bits per heavy atom. The monoisotopic (exact) mass is 270 g/mol. The fraction of sp³-hybridized carbons (Fsp3) is 0.545. The van der Waals surface area contributed by atoms with Crippen LogP contribution in [-0.2, 0) is 4.74 Å². The van der Waals surface area contributed by atoms with E-state index in [0.29, 0.717) is 12.4 Å². The standard InChI is InChI=1S/C11H15ClN4O2/c1-18-6-7-3-2-4-16(7)9-5-8(10(13)17)14-11(12)15-9/h5,7H,2-4,6H2,1H3,(H2,13,17)/t7-/m1/s1. The van der Waals surface area contributed by atoms with Gasteiger partial charge in [0.25, 0.3) is 5.91 Å². The van der Waals surface area contributed by atoms with Gasteiger partial charge < -0.3 is 15.4 Å². The Hall–Kier alpha value is -1.40. The predicted octanol–water partition coefficient (Wildman–Crippen LogP) is 0.844. The summed E-state index contributed by atoms with van der Waals surface area (Å²) in [4.78, 5) is 21.2. The van der Waals surface area contributed by atoms with Crippen LogP contribution in [0.25, 0.3) is 0 Å². The van der Waals surface area contributed by atoms with Crippen LogP contribution in [0.5, 0.6) is 0 Å². The zero-order valence-electron chi connectivity index (χ0n) is 10.1. The van der Waals surface area contributed by atoms with E-state index in [2.05, 4.69) is 14.9 Å². The molecule has 0 aromatic carbocycles. The second kappa shape index (κ2) is 5.49. The summed E-state index contributed by atoms with van der Waals surface area (Å²) in [6, 6.07) is 1.82. The number of carbonyl (C=O) groups is 1. The Kier molecular flexibility index (Phi) is 3.98. The van der Waals surface area contributed by atoms with Crippen LogP contribution in [0.3, 0.4) is 0 Å². The minimum Gasteiger partial charge on any atom is -0.383 e. The van der Waals surface area contributed by atoms with Crippen LogP contribution in [0.15, 0.2) is 6.07 Å². The number of methoxy groups -OCH3 is 1. The second-order valence-corrected chi connectivity index (χ2v) is 4.53. The van der Waals surface area contributed by atoms with E-state index in [9.17, 15) is 4.79 Å². The van der Waals surface area contributed by atoms with Gasteiger partial charge in [0, 0.05) is 19.7 Å². The average molecular weight is 271 g/mol. The number of rotatable bonds is 4. The molecule has 0 saturated carbocycles. The first-order chi connectivity index (χ1) is 8.61. The molecule has 1 amide bonds. The van der Waals surface area contributed by atoms with Gasteiger partial charge in [-0.15, -0.1) is 0 Å². The van der Waals surface area contributed by atoms with Crippen molar-refractivity contribution in [1.29, 1.82) is 0 Å². The van der Waals surface area contributed by atoms with E-state index < -0.39 is 5.91 Å². The molecule has 6 nitrogen and oxygen atoms in total. The number of amides is 1. The zero-order chi connectivity index (χ0) is 13.1. The van der Waals surface area contributed by atoms with Crippen molar-refractivity contribution in [3.05, 3.63) is 17.0 Å². The number of aromatic nitrogens is 2. The minimum absolute atomic E-state index is 0.0318. The number of halogens is 1. The minimum atomic E-state index is -0.608. The van der Waals surface area contributed by atoms with Gasteiger partial charge in [-0.25, -0.2) is 9.97 Å². The molecule has 0 unspecified atom stereocenters. The van der Waals surface area contributed by atoms with E-state index in [1.165, 1.54) is 0 Å². The third kappa shape index (κ3) is 2.70. The fourth-order valence-corrected chi connectivity index (χ4v) is 2.36. The number of nitrogens with zero attached hydrogens (tertiary/aromatic N) is 3. The van der Waals surface area contributed by atoms with Crippen molar-refractivity contribution < 1.29 is 9.53 Å². The van der Waals surface area contributed by atoms with Gasteiger partial charge in [-0.05, 0) is 24.4 Å². The lowest BCUT2D eigenvalue weighted by Crippen LogP contribution is -2.33. The molecule has 1 aromatic rings. The Morgan fingerprint density at radius 2 is 2.44 bits per heavy atom. The molecular weight excluding hydrogens is 256 g/mol. The first-order valence-corrected chi connectivity index (χ1v) is 6.09. The molecule has 0 radical (unpaired) electrons. The summed E-state index contributed by atoms with van der Waals surface area (Å²) >= 11 is 5.81. The van der Waals surface area contributed by atoms with Gasteiger partial charge in [-0.2, -0.15) is 0 Å². The summed E-state index contributed by atoms with van der Waals surface area (Å²) in [5, 5.41) is 0.0318. The van der Waals surface area contributed by atoms with Gasteiger partial charge >= 0.3 is 0 Å². The molecule has 18 heavy (non-hydrogen) atoms. The Labute approximate surface area is 110 Å². The highest BCUT2D eigenvalue weighted by molar-refractivity contribution is 6.28. The predicted molar refractivity (Wildman–Crippen MR) is 67.8 cm³/mol. The topological polar surface area (TPSA) is 81.3 Å². The van der Waals surface area contributed by atoms with E-state index in [-0.39, 0.29) is 17.0 Å². The van der Waals surface area contributed by atoms with Crippen LogP contribution >= 0.6 is 11.6 Å². The quantitative estimate of drug-likeness (QED) is 0.820. The van der Waals surface area contributed by atoms with Crippen molar-refractivity contribution in [2.24, 2.45) is 5.73 Å². The summed E-state index contributed by atoms with van der Waals surface area (Å²) in [6.45, 7) is 1.48. The molecular formula is C11H15ClN4O2. The molecule has 1 atom stereocenters. The molecule has 98 valence electrons. The molecule has 1 aliphatic rings. The van der Waals surface area contributed by atoms with E-state index in [0.717, 1.165) is 19.4 Å². The molecule has 0 bridgehead atoms. The van der Waals surface area contributed by atoms with Crippen molar-refractivity contribution >= 4 is 23.3 Å². The van der Waals surface area contributed by atoms with Crippen molar-refractivity contribution in [3.8, 4) is 0 Å². The number of hydrogen-bond donors (Lipinski definition) is 1. The van der Waals surface area contributed by atoms with Crippen molar-refractivity contribution in [1.82, 2.24) is 9.97 Å². The molecule has 2 rings (SSSR count). The summed E-state index contributed by atoms with van der Waals surface area (Å²) in [6.07, 6.45) is 2.09. The van der Waals surface area contributed by atoms with Crippen molar-refractivity contribution in [2.75, 3.05) is 25.2 Å². The van der Waals surface area contributed by atoms with Crippen LogP contribution < -0.4 is 10.6 Å². The molecule has 1 saturated heterocycles. The number of hydrogen-bond acceptors (Lipinski definition) is 5. The maximum atomic E-state index is 11.2. The molecule has 2 N–H and O–H groups in total. The largest absolute Gasteiger partial charge is 0.383 e. The fourth-order valence-electron chi connectivity index (χ4n) is 2.18. The number of ether oxygens (including phenoxy) is 1. The lowest BCUT2D eigenvalue weighted by atomic mass is 10.2. The van der Waals surface area contributed by atoms with Gasteiger partial charge in [0.1, 0.15) is 11.5 Å². The van der Waals surface area contributed by atoms with E-state index >= 15 is 0 Å². The highest BCUT2D eigenvalue weighted by Crippen LogP contribution is 2.25. The van der Waals surface area contributed by atoms with Crippen LogP contribution in [0.2, 0.25) is 5.28 Å². The maximum Gasteiger partial charge on any atom is 0.267 e. The highest BCUT2D eigenvalue weighted by atomic mass is 35.5. The van der Waals surface area contributed by atoms with E-state index in [4.69, 9.17) is 22.1 Å². The Morgan fingerprint density at radius 3 is 3.11 bits per heavy atom. The van der Waals surface area contributed by atoms with Gasteiger partial charge in [0.05, 0.1) is 12.6 Å². The van der Waals surface area contributed by atoms with Gasteiger partial charge in [-0.3, -0.25) is 4.79 Å². The zero-order valence-corrected chi connectivity index (χ0v) is 10.9. The second-order valence-electron chi connectivity index (χ2n) is 4.19. The first-order valence-electron chi connectivity index (χ1n) is 5.72. The summed E-state index contributed by atoms with van der Waals surface area (Å²) in [5.74, 6) is 0.0198. The van der Waals surface area contributed by atoms with Gasteiger partial charge in [-0.1, -0.05) is 0 Å². The highest BCUT2D eigenvalue weighted by Gasteiger charge is 2.26. The number of carbonyl (C=O) groups excluding carboxylic acids is 1.